The van der Waals surface area contributed by atoms with Crippen molar-refractivity contribution in [3.63, 3.8) is 0 Å². The molecule has 3 amide bonds. The molecule has 1 aromatic heterocycles. The van der Waals surface area contributed by atoms with Crippen molar-refractivity contribution in [2.75, 3.05) is 25.0 Å². The van der Waals surface area contributed by atoms with Gasteiger partial charge in [0.05, 0.1) is 6.04 Å². The number of benzene rings is 2. The molecule has 5 nitrogen and oxygen atoms in total. The minimum absolute atomic E-state index is 0.0109. The molecule has 202 valence electrons. The van der Waals surface area contributed by atoms with Crippen LogP contribution in [0.1, 0.15) is 92.5 Å². The summed E-state index contributed by atoms with van der Waals surface area (Å²) in [6.45, 7) is 12.0. The molecule has 2 aromatic carbocycles. The summed E-state index contributed by atoms with van der Waals surface area (Å²) in [6.07, 6.45) is 2.65. The minimum atomic E-state index is -0.203. The van der Waals surface area contributed by atoms with Crippen molar-refractivity contribution in [3.05, 3.63) is 87.1 Å². The SMILES string of the molecule is CCCCN(CC(=O)N1CCc2sccc2[C@H]1c1ccccc1)C(=O)Nc1c(C(C)C)cccc1C(C)C. The van der Waals surface area contributed by atoms with Crippen LogP contribution in [-0.4, -0.2) is 41.4 Å². The number of urea groups is 1. The number of carbonyl (C=O) groups excluding carboxylic acids is 2. The van der Waals surface area contributed by atoms with E-state index in [2.05, 4.69) is 81.7 Å². The first-order valence-corrected chi connectivity index (χ1v) is 14.8. The van der Waals surface area contributed by atoms with E-state index in [1.807, 2.05) is 23.1 Å². The van der Waals surface area contributed by atoms with Gasteiger partial charge < -0.3 is 15.1 Å². The van der Waals surface area contributed by atoms with Crippen molar-refractivity contribution < 1.29 is 9.59 Å². The molecule has 0 saturated carbocycles. The average molecular weight is 532 g/mol. The normalized spacial score (nSPS) is 15.0. The van der Waals surface area contributed by atoms with E-state index in [1.165, 1.54) is 10.4 Å². The molecule has 0 spiro atoms. The van der Waals surface area contributed by atoms with Crippen molar-refractivity contribution in [2.24, 2.45) is 0 Å². The highest BCUT2D eigenvalue weighted by Crippen LogP contribution is 2.38. The van der Waals surface area contributed by atoms with Gasteiger partial charge in [-0.25, -0.2) is 4.79 Å². The zero-order chi connectivity index (χ0) is 27.2. The molecule has 0 fully saturated rings. The van der Waals surface area contributed by atoms with Crippen molar-refractivity contribution in [3.8, 4) is 0 Å². The lowest BCUT2D eigenvalue weighted by Gasteiger charge is -2.37. The summed E-state index contributed by atoms with van der Waals surface area (Å²) in [4.78, 5) is 32.7. The highest BCUT2D eigenvalue weighted by Gasteiger charge is 2.34. The Morgan fingerprint density at radius 3 is 2.32 bits per heavy atom. The van der Waals surface area contributed by atoms with Gasteiger partial charge in [-0.05, 0) is 58.4 Å². The van der Waals surface area contributed by atoms with Crippen LogP contribution < -0.4 is 5.32 Å². The number of unbranched alkanes of at least 4 members (excludes halogenated alkanes) is 1. The Labute approximate surface area is 231 Å². The summed E-state index contributed by atoms with van der Waals surface area (Å²) in [5, 5.41) is 5.35. The number of fused-ring (bicyclic) bond motifs is 1. The number of amides is 3. The maximum Gasteiger partial charge on any atom is 0.322 e. The molecular weight excluding hydrogens is 490 g/mol. The van der Waals surface area contributed by atoms with E-state index in [0.717, 1.165) is 41.6 Å². The topological polar surface area (TPSA) is 52.7 Å². The second kappa shape index (κ2) is 12.6. The van der Waals surface area contributed by atoms with Crippen LogP contribution in [0.2, 0.25) is 0 Å². The molecule has 0 saturated heterocycles. The third-order valence-electron chi connectivity index (χ3n) is 7.40. The molecule has 0 bridgehead atoms. The second-order valence-electron chi connectivity index (χ2n) is 10.8. The molecule has 1 atom stereocenters. The summed E-state index contributed by atoms with van der Waals surface area (Å²) < 4.78 is 0. The van der Waals surface area contributed by atoms with E-state index in [4.69, 9.17) is 0 Å². The van der Waals surface area contributed by atoms with Crippen molar-refractivity contribution in [1.29, 1.82) is 0 Å². The Bertz CT molecular complexity index is 1210. The summed E-state index contributed by atoms with van der Waals surface area (Å²) in [5.74, 6) is 0.534. The Balaban J connectivity index is 1.60. The fourth-order valence-corrected chi connectivity index (χ4v) is 6.22. The van der Waals surface area contributed by atoms with E-state index >= 15 is 0 Å². The molecule has 2 heterocycles. The van der Waals surface area contributed by atoms with Gasteiger partial charge in [-0.15, -0.1) is 11.3 Å². The molecule has 0 unspecified atom stereocenters. The van der Waals surface area contributed by atoms with Gasteiger partial charge in [0.25, 0.3) is 0 Å². The van der Waals surface area contributed by atoms with Gasteiger partial charge in [0, 0.05) is 23.7 Å². The highest BCUT2D eigenvalue weighted by atomic mass is 32.1. The number of anilines is 1. The fraction of sp³-hybridized carbons (Fsp3) is 0.438. The summed E-state index contributed by atoms with van der Waals surface area (Å²) in [7, 11) is 0. The van der Waals surface area contributed by atoms with Crippen LogP contribution in [0.25, 0.3) is 0 Å². The monoisotopic (exact) mass is 531 g/mol. The maximum absolute atomic E-state index is 13.9. The Hall–Kier alpha value is -3.12. The summed E-state index contributed by atoms with van der Waals surface area (Å²) >= 11 is 1.76. The van der Waals surface area contributed by atoms with Crippen molar-refractivity contribution >= 4 is 29.0 Å². The van der Waals surface area contributed by atoms with Crippen LogP contribution in [-0.2, 0) is 11.2 Å². The van der Waals surface area contributed by atoms with E-state index in [1.54, 1.807) is 16.2 Å². The van der Waals surface area contributed by atoms with Gasteiger partial charge in [0.15, 0.2) is 0 Å². The van der Waals surface area contributed by atoms with Crippen LogP contribution in [0.4, 0.5) is 10.5 Å². The van der Waals surface area contributed by atoms with Crippen LogP contribution in [0.5, 0.6) is 0 Å². The number of nitrogens with one attached hydrogen (secondary N) is 1. The highest BCUT2D eigenvalue weighted by molar-refractivity contribution is 7.10. The quantitative estimate of drug-likeness (QED) is 0.306. The van der Waals surface area contributed by atoms with Crippen LogP contribution in [0.3, 0.4) is 0 Å². The largest absolute Gasteiger partial charge is 0.330 e. The zero-order valence-electron chi connectivity index (χ0n) is 23.4. The summed E-state index contributed by atoms with van der Waals surface area (Å²) in [5.41, 5.74) is 5.45. The smallest absolute Gasteiger partial charge is 0.322 e. The Morgan fingerprint density at radius 2 is 1.68 bits per heavy atom. The predicted octanol–water partition coefficient (Wildman–Crippen LogP) is 7.80. The number of hydrogen-bond acceptors (Lipinski definition) is 3. The van der Waals surface area contributed by atoms with Gasteiger partial charge in [-0.3, -0.25) is 4.79 Å². The second-order valence-corrected chi connectivity index (χ2v) is 11.8. The first-order valence-electron chi connectivity index (χ1n) is 13.9. The predicted molar refractivity (Wildman–Crippen MR) is 158 cm³/mol. The molecule has 0 radical (unpaired) electrons. The first kappa shape index (κ1) is 27.9. The van der Waals surface area contributed by atoms with Crippen molar-refractivity contribution in [1.82, 2.24) is 9.80 Å². The lowest BCUT2D eigenvalue weighted by Crippen LogP contribution is -2.48. The molecule has 1 aliphatic rings. The molecule has 6 heteroatoms. The van der Waals surface area contributed by atoms with Gasteiger partial charge in [-0.2, -0.15) is 0 Å². The zero-order valence-corrected chi connectivity index (χ0v) is 24.2. The number of carbonyl (C=O) groups is 2. The van der Waals surface area contributed by atoms with E-state index in [9.17, 15) is 9.59 Å². The van der Waals surface area contributed by atoms with Gasteiger partial charge in [0.2, 0.25) is 5.91 Å². The third-order valence-corrected chi connectivity index (χ3v) is 8.40. The molecule has 1 aliphatic heterocycles. The van der Waals surface area contributed by atoms with E-state index < -0.39 is 0 Å². The van der Waals surface area contributed by atoms with E-state index in [-0.39, 0.29) is 36.4 Å². The number of thiophene rings is 1. The van der Waals surface area contributed by atoms with Gasteiger partial charge in [0.1, 0.15) is 6.54 Å². The van der Waals surface area contributed by atoms with Crippen LogP contribution in [0, 0.1) is 0 Å². The Kier molecular flexibility index (Phi) is 9.26. The molecule has 38 heavy (non-hydrogen) atoms. The number of rotatable bonds is 9. The minimum Gasteiger partial charge on any atom is -0.330 e. The van der Waals surface area contributed by atoms with Gasteiger partial charge >= 0.3 is 6.03 Å². The number of para-hydroxylation sites is 1. The average Bonchev–Trinajstić information content (AvgIpc) is 3.39. The lowest BCUT2D eigenvalue weighted by molar-refractivity contribution is -0.133. The molecule has 1 N–H and O–H groups in total. The molecule has 0 aliphatic carbocycles. The summed E-state index contributed by atoms with van der Waals surface area (Å²) in [6, 6.07) is 18.3. The van der Waals surface area contributed by atoms with Crippen molar-refractivity contribution in [2.45, 2.75) is 71.8 Å². The molecule has 3 aromatic rings. The lowest BCUT2D eigenvalue weighted by atomic mass is 9.92. The van der Waals surface area contributed by atoms with Gasteiger partial charge in [-0.1, -0.05) is 89.6 Å². The first-order chi connectivity index (χ1) is 18.3. The number of nitrogens with zero attached hydrogens (tertiary/aromatic N) is 2. The standard InChI is InChI=1S/C32H41N3O2S/c1-6-7-18-34(32(37)33-30-25(22(2)3)14-11-15-26(30)23(4)5)21-29(36)35-19-16-28-27(17-20-38-28)31(35)24-12-9-8-10-13-24/h8-15,17,20,22-23,31H,6-7,16,18-19,21H2,1-5H3,(H,33,37)/t31-/m1/s1. The third kappa shape index (κ3) is 6.12. The Morgan fingerprint density at radius 1 is 1.00 bits per heavy atom. The molecular formula is C32H41N3O2S. The maximum atomic E-state index is 13.9. The van der Waals surface area contributed by atoms with E-state index in [0.29, 0.717) is 13.1 Å². The van der Waals surface area contributed by atoms with Crippen LogP contribution in [0.15, 0.2) is 60.0 Å². The fourth-order valence-electron chi connectivity index (χ4n) is 5.32. The molecule has 4 rings (SSSR count). The van der Waals surface area contributed by atoms with Crippen LogP contribution >= 0.6 is 11.3 Å². The number of hydrogen-bond donors (Lipinski definition) is 1.